The summed E-state index contributed by atoms with van der Waals surface area (Å²) >= 11 is 0. The third-order valence-corrected chi connectivity index (χ3v) is 6.11. The van der Waals surface area contributed by atoms with Gasteiger partial charge in [0, 0.05) is 5.56 Å². The van der Waals surface area contributed by atoms with Crippen molar-refractivity contribution in [1.29, 1.82) is 0 Å². The number of carbonyl (C=O) groups is 1. The molecule has 0 unspecified atom stereocenters. The van der Waals surface area contributed by atoms with E-state index in [2.05, 4.69) is 20.8 Å². The first-order chi connectivity index (χ1) is 17.6. The molecule has 0 N–H and O–H groups in total. The number of hydrogen-bond donors (Lipinski definition) is 0. The largest absolute Gasteiger partial charge is 0.493 e. The van der Waals surface area contributed by atoms with Gasteiger partial charge in [-0.25, -0.2) is 4.79 Å². The topological polar surface area (TPSA) is 84.2 Å². The maximum atomic E-state index is 13.6. The summed E-state index contributed by atoms with van der Waals surface area (Å²) in [5.74, 6) is 0.108. The molecule has 4 aromatic rings. The Kier molecular flexibility index (Phi) is 6.99. The van der Waals surface area contributed by atoms with Gasteiger partial charge in [-0.1, -0.05) is 56.7 Å². The first-order valence-corrected chi connectivity index (χ1v) is 11.8. The minimum absolute atomic E-state index is 0.0535. The summed E-state index contributed by atoms with van der Waals surface area (Å²) in [6, 6.07) is 15.9. The van der Waals surface area contributed by atoms with Crippen LogP contribution >= 0.6 is 0 Å². The molecule has 4 rings (SSSR count). The average molecular weight is 503 g/mol. The third-order valence-electron chi connectivity index (χ3n) is 6.11. The Morgan fingerprint density at radius 1 is 0.811 bits per heavy atom. The van der Waals surface area contributed by atoms with Gasteiger partial charge in [-0.05, 0) is 42.2 Å². The lowest BCUT2D eigenvalue weighted by molar-refractivity contribution is 0.0730. The van der Waals surface area contributed by atoms with E-state index < -0.39 is 11.4 Å². The number of carbonyl (C=O) groups excluding carboxylic acids is 1. The number of hydrogen-bond acceptors (Lipinski definition) is 7. The highest BCUT2D eigenvalue weighted by Crippen LogP contribution is 2.39. The predicted molar refractivity (Wildman–Crippen MR) is 142 cm³/mol. The van der Waals surface area contributed by atoms with Crippen LogP contribution < -0.4 is 24.4 Å². The number of fused-ring (bicyclic) bond motifs is 1. The first kappa shape index (κ1) is 25.8. The molecule has 0 saturated heterocycles. The second-order valence-electron chi connectivity index (χ2n) is 9.72. The third kappa shape index (κ3) is 5.03. The highest BCUT2D eigenvalue weighted by molar-refractivity contribution is 5.94. The predicted octanol–water partition coefficient (Wildman–Crippen LogP) is 6.31. The van der Waals surface area contributed by atoms with Crippen molar-refractivity contribution in [2.45, 2.75) is 33.1 Å². The average Bonchev–Trinajstić information content (AvgIpc) is 2.89. The van der Waals surface area contributed by atoms with Gasteiger partial charge in [-0.3, -0.25) is 4.79 Å². The maximum Gasteiger partial charge on any atom is 0.344 e. The zero-order valence-electron chi connectivity index (χ0n) is 22.1. The Morgan fingerprint density at radius 2 is 1.43 bits per heavy atom. The molecule has 37 heavy (non-hydrogen) atoms. The number of rotatable bonds is 6. The zero-order chi connectivity index (χ0) is 26.9. The minimum Gasteiger partial charge on any atom is -0.493 e. The van der Waals surface area contributed by atoms with Gasteiger partial charge < -0.3 is 23.4 Å². The van der Waals surface area contributed by atoms with E-state index in [4.69, 9.17) is 23.4 Å². The number of esters is 1. The molecule has 0 atom stereocenters. The van der Waals surface area contributed by atoms with E-state index in [-0.39, 0.29) is 34.0 Å². The van der Waals surface area contributed by atoms with Crippen molar-refractivity contribution < 1.29 is 28.2 Å². The van der Waals surface area contributed by atoms with Crippen LogP contribution in [0.2, 0.25) is 0 Å². The molecule has 0 spiro atoms. The SMILES string of the molecule is COc1cc(C(=O)Oc2c(-c3ccc(C(C)(C)C)cc3)oc3ccc(C)cc3c2=O)cc(OC)c1OC. The Morgan fingerprint density at radius 3 is 1.97 bits per heavy atom. The molecule has 3 aromatic carbocycles. The van der Waals surface area contributed by atoms with Gasteiger partial charge in [0.1, 0.15) is 5.58 Å². The molecule has 0 radical (unpaired) electrons. The van der Waals surface area contributed by atoms with Crippen molar-refractivity contribution in [3.05, 3.63) is 81.5 Å². The summed E-state index contributed by atoms with van der Waals surface area (Å²) in [4.78, 5) is 26.9. The normalized spacial score (nSPS) is 11.3. The number of benzene rings is 3. The van der Waals surface area contributed by atoms with Crippen molar-refractivity contribution in [1.82, 2.24) is 0 Å². The van der Waals surface area contributed by atoms with E-state index >= 15 is 0 Å². The molecule has 0 saturated carbocycles. The van der Waals surface area contributed by atoms with E-state index in [0.717, 1.165) is 11.1 Å². The van der Waals surface area contributed by atoms with Crippen LogP contribution in [-0.4, -0.2) is 27.3 Å². The second kappa shape index (κ2) is 10.0. The van der Waals surface area contributed by atoms with Gasteiger partial charge in [0.2, 0.25) is 16.9 Å². The van der Waals surface area contributed by atoms with Crippen LogP contribution in [0.15, 0.2) is 63.8 Å². The highest BCUT2D eigenvalue weighted by atomic mass is 16.5. The fraction of sp³-hybridized carbons (Fsp3) is 0.267. The van der Waals surface area contributed by atoms with Crippen LogP contribution in [0.3, 0.4) is 0 Å². The Labute approximate surface area is 215 Å². The van der Waals surface area contributed by atoms with Crippen LogP contribution in [0.4, 0.5) is 0 Å². The molecule has 0 aliphatic heterocycles. The molecule has 1 heterocycles. The molecule has 0 bridgehead atoms. The van der Waals surface area contributed by atoms with Gasteiger partial charge in [-0.2, -0.15) is 0 Å². The standard InChI is InChI=1S/C30H30O7/c1-17-8-13-22-21(14-17)25(31)28(26(36-22)18-9-11-20(12-10-18)30(2,3)4)37-29(32)19-15-23(33-5)27(35-7)24(16-19)34-6/h8-16H,1-7H3. The zero-order valence-corrected chi connectivity index (χ0v) is 22.1. The minimum atomic E-state index is -0.772. The fourth-order valence-corrected chi connectivity index (χ4v) is 4.05. The fourth-order valence-electron chi connectivity index (χ4n) is 4.05. The van der Waals surface area contributed by atoms with Gasteiger partial charge in [0.05, 0.1) is 32.3 Å². The smallest absolute Gasteiger partial charge is 0.344 e. The van der Waals surface area contributed by atoms with Gasteiger partial charge in [0.15, 0.2) is 17.3 Å². The summed E-state index contributed by atoms with van der Waals surface area (Å²) in [6.45, 7) is 8.22. The van der Waals surface area contributed by atoms with Gasteiger partial charge in [0.25, 0.3) is 0 Å². The quantitative estimate of drug-likeness (QED) is 0.286. The Bertz CT molecular complexity index is 1500. The molecule has 0 aliphatic carbocycles. The van der Waals surface area contributed by atoms with E-state index in [0.29, 0.717) is 22.3 Å². The Hall–Kier alpha value is -4.26. The van der Waals surface area contributed by atoms with E-state index in [1.165, 1.54) is 33.5 Å². The maximum absolute atomic E-state index is 13.6. The summed E-state index contributed by atoms with van der Waals surface area (Å²) < 4.78 is 27.9. The molecule has 0 aliphatic rings. The van der Waals surface area contributed by atoms with Crippen LogP contribution in [0, 0.1) is 6.92 Å². The lowest BCUT2D eigenvalue weighted by Gasteiger charge is -2.19. The lowest BCUT2D eigenvalue weighted by Crippen LogP contribution is -2.17. The van der Waals surface area contributed by atoms with Crippen LogP contribution in [0.1, 0.15) is 42.3 Å². The molecule has 0 amide bonds. The number of ether oxygens (including phenoxy) is 4. The molecule has 1 aromatic heterocycles. The molecular formula is C30H30O7. The van der Waals surface area contributed by atoms with E-state index in [1.807, 2.05) is 37.3 Å². The molecule has 0 fully saturated rings. The van der Waals surface area contributed by atoms with Gasteiger partial charge in [-0.15, -0.1) is 0 Å². The molecule has 7 nitrogen and oxygen atoms in total. The molecule has 192 valence electrons. The van der Waals surface area contributed by atoms with E-state index in [1.54, 1.807) is 12.1 Å². The van der Waals surface area contributed by atoms with Crippen molar-refractivity contribution in [2.75, 3.05) is 21.3 Å². The van der Waals surface area contributed by atoms with E-state index in [9.17, 15) is 9.59 Å². The van der Waals surface area contributed by atoms with Gasteiger partial charge >= 0.3 is 5.97 Å². The monoisotopic (exact) mass is 502 g/mol. The number of aryl methyl sites for hydroxylation is 1. The highest BCUT2D eigenvalue weighted by Gasteiger charge is 2.24. The molecular weight excluding hydrogens is 472 g/mol. The van der Waals surface area contributed by atoms with Crippen LogP contribution in [-0.2, 0) is 5.41 Å². The van der Waals surface area contributed by atoms with Crippen molar-refractivity contribution in [3.8, 4) is 34.3 Å². The first-order valence-electron chi connectivity index (χ1n) is 11.8. The summed E-state index contributed by atoms with van der Waals surface area (Å²) in [6.07, 6.45) is 0. The summed E-state index contributed by atoms with van der Waals surface area (Å²) in [7, 11) is 4.37. The van der Waals surface area contributed by atoms with Crippen molar-refractivity contribution >= 4 is 16.9 Å². The number of methoxy groups -OCH3 is 3. The van der Waals surface area contributed by atoms with Crippen LogP contribution in [0.25, 0.3) is 22.3 Å². The van der Waals surface area contributed by atoms with Crippen LogP contribution in [0.5, 0.6) is 23.0 Å². The second-order valence-corrected chi connectivity index (χ2v) is 9.72. The molecule has 7 heteroatoms. The summed E-state index contributed by atoms with van der Waals surface area (Å²) in [5, 5.41) is 0.322. The van der Waals surface area contributed by atoms with Crippen molar-refractivity contribution in [3.63, 3.8) is 0 Å². The Balaban J connectivity index is 1.87. The lowest BCUT2D eigenvalue weighted by atomic mass is 9.86. The van der Waals surface area contributed by atoms with Crippen molar-refractivity contribution in [2.24, 2.45) is 0 Å². The summed E-state index contributed by atoms with van der Waals surface area (Å²) in [5.41, 5.74) is 2.63.